The van der Waals surface area contributed by atoms with Crippen LogP contribution in [0.25, 0.3) is 82.5 Å². The number of rotatable bonds is 0. The van der Waals surface area contributed by atoms with Crippen LogP contribution in [0.15, 0.2) is 199 Å². The van der Waals surface area contributed by atoms with Gasteiger partial charge in [-0.25, -0.2) is 0 Å². The smallest absolute Gasteiger partial charge is 0.135 e. The van der Waals surface area contributed by atoms with Crippen LogP contribution in [-0.2, 0) is 0 Å². The van der Waals surface area contributed by atoms with Gasteiger partial charge in [0.25, 0.3) is 0 Å². The molecule has 4 heteroatoms. The number of fused-ring (bicyclic) bond motifs is 12. The molecule has 0 atom stereocenters. The third-order valence-corrected chi connectivity index (χ3v) is 12.6. The molecule has 0 aliphatic rings. The molecular formula is C69H100OS3. The zero-order valence-electron chi connectivity index (χ0n) is 44.1. The predicted octanol–water partition coefficient (Wildman–Crippen LogP) is 27.1. The summed E-state index contributed by atoms with van der Waals surface area (Å²) >= 11 is 5.58. The first-order valence-electron chi connectivity index (χ1n) is 25.3. The minimum absolute atomic E-state index is 0. The van der Waals surface area contributed by atoms with Gasteiger partial charge in [0.05, 0.1) is 0 Å². The molecule has 0 fully saturated rings. The summed E-state index contributed by atoms with van der Waals surface area (Å²) in [5, 5.41) is 10.7. The minimum Gasteiger partial charge on any atom is -0.456 e. The summed E-state index contributed by atoms with van der Waals surface area (Å²) in [5.74, 6) is 0. The number of benzene rings is 8. The summed E-state index contributed by atoms with van der Waals surface area (Å²) in [5.41, 5.74) is 1.92. The summed E-state index contributed by atoms with van der Waals surface area (Å²) in [6.45, 7) is 32.0. The normalized spacial score (nSPS) is 8.55. The van der Waals surface area contributed by atoms with Crippen molar-refractivity contribution < 1.29 is 4.42 Å². The van der Waals surface area contributed by atoms with Gasteiger partial charge in [0, 0.05) is 71.3 Å². The Hall–Kier alpha value is -5.78. The Kier molecular flexibility index (Phi) is 48.0. The van der Waals surface area contributed by atoms with Crippen molar-refractivity contribution in [2.75, 3.05) is 0 Å². The monoisotopic (exact) mass is 1040 g/mol. The molecule has 0 N–H and O–H groups in total. The number of para-hydroxylation sites is 2. The van der Waals surface area contributed by atoms with Crippen LogP contribution in [0.2, 0.25) is 0 Å². The highest BCUT2D eigenvalue weighted by molar-refractivity contribution is 7.26. The van der Waals surface area contributed by atoms with Gasteiger partial charge in [-0.15, -0.1) is 34.0 Å². The second-order valence-electron chi connectivity index (χ2n) is 12.4. The molecule has 12 aromatic rings. The third-order valence-electron chi connectivity index (χ3n) is 9.14. The molecule has 0 amide bonds. The molecular weight excluding hydrogens is 941 g/mol. The van der Waals surface area contributed by atoms with Crippen molar-refractivity contribution in [1.82, 2.24) is 0 Å². The Morgan fingerprint density at radius 1 is 0.192 bits per heavy atom. The maximum atomic E-state index is 5.65. The third kappa shape index (κ3) is 20.9. The molecule has 12 rings (SSSR count). The van der Waals surface area contributed by atoms with E-state index < -0.39 is 0 Å². The molecule has 0 radical (unpaired) electrons. The molecule has 8 aromatic carbocycles. The summed E-state index contributed by atoms with van der Waals surface area (Å²) in [4.78, 5) is 0. The fraction of sp³-hybridized carbons (Fsp3) is 0.304. The standard InChI is InChI=1S/C12H8O.3C12H8S.8C2H6.5CH4/c4*1-3-7-11-9(5-1)10-6-2-4-8-12(10)13-11;8*1-2;;;;;/h4*1-8H;8*1-2H3;5*1H4. The van der Waals surface area contributed by atoms with E-state index in [-0.39, 0.29) is 37.1 Å². The van der Waals surface area contributed by atoms with Crippen molar-refractivity contribution in [2.24, 2.45) is 0 Å². The first kappa shape index (κ1) is 76.1. The van der Waals surface area contributed by atoms with Crippen LogP contribution >= 0.6 is 34.0 Å². The maximum Gasteiger partial charge on any atom is 0.135 e. The highest BCUT2D eigenvalue weighted by Gasteiger charge is 2.05. The van der Waals surface area contributed by atoms with E-state index in [0.717, 1.165) is 11.2 Å². The molecule has 4 heterocycles. The van der Waals surface area contributed by atoms with Crippen molar-refractivity contribution in [3.63, 3.8) is 0 Å². The first-order chi connectivity index (χ1) is 33.8. The molecule has 0 bridgehead atoms. The summed E-state index contributed by atoms with van der Waals surface area (Å²) < 4.78 is 13.9. The van der Waals surface area contributed by atoms with Gasteiger partial charge in [-0.3, -0.25) is 0 Å². The van der Waals surface area contributed by atoms with Crippen LogP contribution in [0.1, 0.15) is 148 Å². The molecule has 0 aliphatic carbocycles. The second-order valence-corrected chi connectivity index (χ2v) is 15.6. The van der Waals surface area contributed by atoms with Crippen molar-refractivity contribution in [1.29, 1.82) is 0 Å². The van der Waals surface area contributed by atoms with E-state index in [2.05, 4.69) is 158 Å². The van der Waals surface area contributed by atoms with E-state index in [0.29, 0.717) is 0 Å². The Morgan fingerprint density at radius 3 is 0.507 bits per heavy atom. The van der Waals surface area contributed by atoms with E-state index in [1.165, 1.54) is 71.3 Å². The van der Waals surface area contributed by atoms with Gasteiger partial charge in [-0.2, -0.15) is 0 Å². The highest BCUT2D eigenvalue weighted by Crippen LogP contribution is 2.35. The Bertz CT molecular complexity index is 2480. The number of thiophene rings is 3. The molecule has 0 aliphatic heterocycles. The van der Waals surface area contributed by atoms with Gasteiger partial charge in [0.2, 0.25) is 0 Å². The van der Waals surface area contributed by atoms with Gasteiger partial charge < -0.3 is 4.42 Å². The largest absolute Gasteiger partial charge is 0.456 e. The van der Waals surface area contributed by atoms with Gasteiger partial charge in [-0.1, -0.05) is 294 Å². The molecule has 0 unspecified atom stereocenters. The van der Waals surface area contributed by atoms with E-state index in [1.54, 1.807) is 0 Å². The van der Waals surface area contributed by atoms with Gasteiger partial charge >= 0.3 is 0 Å². The topological polar surface area (TPSA) is 13.1 Å². The number of hydrogen-bond acceptors (Lipinski definition) is 4. The van der Waals surface area contributed by atoms with E-state index in [1.807, 2.05) is 181 Å². The fourth-order valence-electron chi connectivity index (χ4n) is 6.70. The lowest BCUT2D eigenvalue weighted by molar-refractivity contribution is 0.669. The Morgan fingerprint density at radius 2 is 0.329 bits per heavy atom. The lowest BCUT2D eigenvalue weighted by Gasteiger charge is -1.88. The van der Waals surface area contributed by atoms with E-state index in [9.17, 15) is 0 Å². The van der Waals surface area contributed by atoms with Crippen LogP contribution < -0.4 is 0 Å². The summed E-state index contributed by atoms with van der Waals surface area (Å²) in [7, 11) is 0. The molecule has 1 nitrogen and oxygen atoms in total. The highest BCUT2D eigenvalue weighted by atomic mass is 32.1. The molecule has 0 saturated heterocycles. The molecule has 4 aromatic heterocycles. The summed E-state index contributed by atoms with van der Waals surface area (Å²) in [6.07, 6.45) is 0. The second kappa shape index (κ2) is 46.0. The fourth-order valence-corrected chi connectivity index (χ4v) is 10.0. The van der Waals surface area contributed by atoms with Gasteiger partial charge in [0.1, 0.15) is 11.2 Å². The first-order valence-corrected chi connectivity index (χ1v) is 27.7. The lowest BCUT2D eigenvalue weighted by Crippen LogP contribution is -1.62. The van der Waals surface area contributed by atoms with Gasteiger partial charge in [0.15, 0.2) is 0 Å². The van der Waals surface area contributed by atoms with Gasteiger partial charge in [-0.05, 0) is 48.5 Å². The SMILES string of the molecule is C.C.C.C.C.CC.CC.CC.CC.CC.CC.CC.CC.c1ccc2c(c1)oc1ccccc12.c1ccc2c(c1)sc1ccccc12.c1ccc2c(c1)sc1ccccc12.c1ccc2c(c1)sc1ccccc12. The quantitative estimate of drug-likeness (QED) is 0.148. The van der Waals surface area contributed by atoms with Crippen LogP contribution in [0.4, 0.5) is 0 Å². The van der Waals surface area contributed by atoms with Crippen molar-refractivity contribution in [3.8, 4) is 0 Å². The zero-order chi connectivity index (χ0) is 50.7. The average Bonchev–Trinajstić information content (AvgIpc) is 4.24. The lowest BCUT2D eigenvalue weighted by atomic mass is 10.2. The molecule has 400 valence electrons. The number of furan rings is 1. The summed E-state index contributed by atoms with van der Waals surface area (Å²) in [6, 6.07) is 67.6. The number of hydrogen-bond donors (Lipinski definition) is 0. The zero-order valence-corrected chi connectivity index (χ0v) is 46.6. The van der Waals surface area contributed by atoms with E-state index >= 15 is 0 Å². The van der Waals surface area contributed by atoms with E-state index in [4.69, 9.17) is 4.42 Å². The van der Waals surface area contributed by atoms with Crippen molar-refractivity contribution >= 4 is 116 Å². The average molecular weight is 1040 g/mol. The predicted molar refractivity (Wildman–Crippen MR) is 356 cm³/mol. The Labute approximate surface area is 460 Å². The van der Waals surface area contributed by atoms with Crippen LogP contribution in [0.5, 0.6) is 0 Å². The molecule has 0 spiro atoms. The van der Waals surface area contributed by atoms with Crippen LogP contribution in [-0.4, -0.2) is 0 Å². The van der Waals surface area contributed by atoms with Crippen molar-refractivity contribution in [2.45, 2.75) is 148 Å². The Balaban J connectivity index is -0.000000252. The maximum absolute atomic E-state index is 5.65. The molecule has 73 heavy (non-hydrogen) atoms. The molecule has 0 saturated carbocycles. The van der Waals surface area contributed by atoms with Crippen LogP contribution in [0, 0.1) is 0 Å². The van der Waals surface area contributed by atoms with Crippen molar-refractivity contribution in [3.05, 3.63) is 194 Å². The van der Waals surface area contributed by atoms with Crippen LogP contribution in [0.3, 0.4) is 0 Å². The minimum atomic E-state index is 0.